The van der Waals surface area contributed by atoms with Crippen LogP contribution in [-0.4, -0.2) is 64.8 Å². The van der Waals surface area contributed by atoms with Crippen LogP contribution in [0.3, 0.4) is 0 Å². The third-order valence-corrected chi connectivity index (χ3v) is 13.3. The molecule has 356 valence electrons. The fraction of sp³-hybridized carbons (Fsp3) is 0.379. The Bertz CT molecular complexity index is 2200. The minimum absolute atomic E-state index is 0.0898. The lowest BCUT2D eigenvalue weighted by molar-refractivity contribution is -0.142. The van der Waals surface area contributed by atoms with Gasteiger partial charge in [-0.3, -0.25) is 0 Å². The Morgan fingerprint density at radius 1 is 0.368 bits per heavy atom. The molecule has 0 aliphatic carbocycles. The molecule has 2 unspecified atom stereocenters. The van der Waals surface area contributed by atoms with E-state index in [-0.39, 0.29) is 76.6 Å². The fourth-order valence-corrected chi connectivity index (χ4v) is 10.3. The van der Waals surface area contributed by atoms with Crippen molar-refractivity contribution in [3.05, 3.63) is 191 Å². The maximum Gasteiger partial charge on any atom is 0.337 e. The SMILES string of the molecule is CC1=C2C(=O)OCCOCCOc3ccccc3OCCOCCOC(=O)C3=C(C)OC(c4ccccc4)(c4ccccc4)C3CCCCCCCCC2C(c2ccccc2)(c2ccccc2)O1. The molecule has 3 aliphatic heterocycles. The van der Waals surface area contributed by atoms with Gasteiger partial charge in [-0.05, 0) is 38.8 Å². The normalized spacial score (nSPS) is 21.5. The molecule has 0 aromatic heterocycles. The first kappa shape index (κ1) is 48.1. The molecule has 3 aliphatic rings. The highest BCUT2D eigenvalue weighted by molar-refractivity contribution is 5.91. The Labute approximate surface area is 401 Å². The van der Waals surface area contributed by atoms with Crippen LogP contribution in [0.5, 0.6) is 11.5 Å². The number of benzene rings is 5. The number of hydrogen-bond acceptors (Lipinski definition) is 10. The molecule has 0 N–H and O–H groups in total. The first-order chi connectivity index (χ1) is 33.4. The third-order valence-electron chi connectivity index (χ3n) is 13.3. The molecule has 0 saturated heterocycles. The molecule has 10 heteroatoms. The number of carbonyl (C=O) groups excluding carboxylic acids is 2. The summed E-state index contributed by atoms with van der Waals surface area (Å²) in [6.45, 7) is 5.48. The van der Waals surface area contributed by atoms with E-state index in [1.165, 1.54) is 0 Å². The number of para-hydroxylation sites is 2. The van der Waals surface area contributed by atoms with Gasteiger partial charge in [-0.1, -0.05) is 172 Å². The zero-order valence-corrected chi connectivity index (χ0v) is 39.4. The Balaban J connectivity index is 1.02. The Morgan fingerprint density at radius 2 is 0.662 bits per heavy atom. The van der Waals surface area contributed by atoms with Crippen LogP contribution in [0.2, 0.25) is 0 Å². The van der Waals surface area contributed by atoms with Gasteiger partial charge in [0.1, 0.15) is 37.9 Å². The molecule has 2 atom stereocenters. The number of fused-ring (bicyclic) bond motifs is 3. The molecule has 5 aromatic carbocycles. The van der Waals surface area contributed by atoms with Crippen molar-refractivity contribution in [1.82, 2.24) is 0 Å². The van der Waals surface area contributed by atoms with Crippen LogP contribution >= 0.6 is 0 Å². The van der Waals surface area contributed by atoms with Crippen LogP contribution in [0.15, 0.2) is 168 Å². The van der Waals surface area contributed by atoms with Crippen molar-refractivity contribution in [2.24, 2.45) is 11.8 Å². The molecule has 0 fully saturated rings. The number of rotatable bonds is 4. The quantitative estimate of drug-likeness (QED) is 0.162. The van der Waals surface area contributed by atoms with Crippen molar-refractivity contribution in [2.75, 3.05) is 52.9 Å². The molecule has 0 radical (unpaired) electrons. The van der Waals surface area contributed by atoms with E-state index in [1.807, 2.05) is 111 Å². The summed E-state index contributed by atoms with van der Waals surface area (Å²) >= 11 is 0. The molecule has 5 aromatic rings. The second-order valence-corrected chi connectivity index (χ2v) is 17.5. The van der Waals surface area contributed by atoms with Gasteiger partial charge in [-0.2, -0.15) is 0 Å². The lowest BCUT2D eigenvalue weighted by Gasteiger charge is -2.37. The molecule has 68 heavy (non-hydrogen) atoms. The highest BCUT2D eigenvalue weighted by atomic mass is 16.6. The van der Waals surface area contributed by atoms with Crippen molar-refractivity contribution in [3.8, 4) is 11.5 Å². The summed E-state index contributed by atoms with van der Waals surface area (Å²) in [5.41, 5.74) is 3.29. The second kappa shape index (κ2) is 23.6. The van der Waals surface area contributed by atoms with Gasteiger partial charge in [-0.25, -0.2) is 9.59 Å². The van der Waals surface area contributed by atoms with Gasteiger partial charge < -0.3 is 37.9 Å². The van der Waals surface area contributed by atoms with E-state index in [0.717, 1.165) is 73.6 Å². The van der Waals surface area contributed by atoms with E-state index in [2.05, 4.69) is 48.5 Å². The molecule has 10 nitrogen and oxygen atoms in total. The van der Waals surface area contributed by atoms with Gasteiger partial charge in [0.15, 0.2) is 22.7 Å². The molecule has 0 saturated carbocycles. The number of ether oxygens (including phenoxy) is 8. The molecular formula is C58H64O10. The van der Waals surface area contributed by atoms with Crippen molar-refractivity contribution >= 4 is 11.9 Å². The minimum atomic E-state index is -0.904. The summed E-state index contributed by atoms with van der Waals surface area (Å²) in [4.78, 5) is 28.4. The molecule has 3 heterocycles. The van der Waals surface area contributed by atoms with Crippen LogP contribution in [-0.2, 0) is 49.2 Å². The first-order valence-corrected chi connectivity index (χ1v) is 24.3. The Hall–Kier alpha value is -6.36. The van der Waals surface area contributed by atoms with Crippen molar-refractivity contribution < 1.29 is 47.5 Å². The zero-order valence-electron chi connectivity index (χ0n) is 39.4. The highest BCUT2D eigenvalue weighted by Gasteiger charge is 2.54. The standard InChI is InChI=1S/C58H64O10/c1-43-53-49(57(67-43,45-23-11-7-12-24-45)46-25-13-8-14-26-46)31-19-5-3-4-6-20-32-50-54(44(2)68-58(50,47-27-15-9-16-28-47)48-29-17-10-18-30-48)56(60)66-42-38-62-36-40-64-52-34-22-21-33-51(52)63-39-35-61-37-41-65-55(53)59/h7-18,21-30,33-34,49-50H,3-6,19-20,31-32,35-42H2,1-2H3. The van der Waals surface area contributed by atoms with Crippen molar-refractivity contribution in [1.29, 1.82) is 0 Å². The summed E-state index contributed by atoms with van der Waals surface area (Å²) in [6, 6.07) is 48.3. The van der Waals surface area contributed by atoms with Crippen LogP contribution in [0.4, 0.5) is 0 Å². The number of hydrogen-bond donors (Lipinski definition) is 0. The van der Waals surface area contributed by atoms with Gasteiger partial charge >= 0.3 is 11.9 Å². The fourth-order valence-electron chi connectivity index (χ4n) is 10.3. The van der Waals surface area contributed by atoms with E-state index in [4.69, 9.17) is 37.9 Å². The lowest BCUT2D eigenvalue weighted by atomic mass is 9.71. The van der Waals surface area contributed by atoms with Crippen molar-refractivity contribution in [3.63, 3.8) is 0 Å². The van der Waals surface area contributed by atoms with Crippen molar-refractivity contribution in [2.45, 2.75) is 76.4 Å². The van der Waals surface area contributed by atoms with Gasteiger partial charge in [-0.15, -0.1) is 0 Å². The van der Waals surface area contributed by atoms with Crippen LogP contribution in [0.1, 0.15) is 87.5 Å². The van der Waals surface area contributed by atoms with Crippen LogP contribution in [0, 0.1) is 11.8 Å². The average Bonchev–Trinajstić information content (AvgIpc) is 3.85. The smallest absolute Gasteiger partial charge is 0.337 e. The summed E-state index contributed by atoms with van der Waals surface area (Å²) in [7, 11) is 0. The number of esters is 2. The zero-order chi connectivity index (χ0) is 47.0. The Morgan fingerprint density at radius 3 is 1.00 bits per heavy atom. The third kappa shape index (κ3) is 10.8. The van der Waals surface area contributed by atoms with E-state index in [9.17, 15) is 9.59 Å². The predicted octanol–water partition coefficient (Wildman–Crippen LogP) is 11.4. The number of cyclic esters (lactones) is 2. The minimum Gasteiger partial charge on any atom is -0.487 e. The first-order valence-electron chi connectivity index (χ1n) is 24.3. The molecule has 8 rings (SSSR count). The monoisotopic (exact) mass is 920 g/mol. The van der Waals surface area contributed by atoms with Gasteiger partial charge in [0.25, 0.3) is 0 Å². The second-order valence-electron chi connectivity index (χ2n) is 17.5. The lowest BCUT2D eigenvalue weighted by Crippen LogP contribution is -2.37. The largest absolute Gasteiger partial charge is 0.487 e. The summed E-state index contributed by atoms with van der Waals surface area (Å²) in [5.74, 6) is 0.945. The summed E-state index contributed by atoms with van der Waals surface area (Å²) in [5, 5.41) is 0. The molecule has 0 spiro atoms. The molecule has 0 bridgehead atoms. The summed E-state index contributed by atoms with van der Waals surface area (Å²) < 4.78 is 49.5. The van der Waals surface area contributed by atoms with E-state index < -0.39 is 11.2 Å². The Kier molecular flexibility index (Phi) is 16.7. The molecular weight excluding hydrogens is 857 g/mol. The number of allylic oxidation sites excluding steroid dienone is 2. The predicted molar refractivity (Wildman–Crippen MR) is 260 cm³/mol. The van der Waals surface area contributed by atoms with Crippen LogP contribution in [0.25, 0.3) is 0 Å². The topological polar surface area (TPSA) is 108 Å². The average molecular weight is 921 g/mol. The number of carbonyl (C=O) groups is 2. The van der Waals surface area contributed by atoms with Gasteiger partial charge in [0.2, 0.25) is 0 Å². The van der Waals surface area contributed by atoms with E-state index in [1.54, 1.807) is 0 Å². The maximum atomic E-state index is 14.2. The van der Waals surface area contributed by atoms with Gasteiger partial charge in [0.05, 0.1) is 37.6 Å². The molecule has 0 amide bonds. The summed E-state index contributed by atoms with van der Waals surface area (Å²) in [6.07, 6.45) is 7.22. The van der Waals surface area contributed by atoms with E-state index in [0.29, 0.717) is 34.2 Å². The van der Waals surface area contributed by atoms with Gasteiger partial charge in [0, 0.05) is 34.1 Å². The van der Waals surface area contributed by atoms with Crippen LogP contribution < -0.4 is 9.47 Å². The maximum absolute atomic E-state index is 14.2. The highest BCUT2D eigenvalue weighted by Crippen LogP contribution is 2.54. The van der Waals surface area contributed by atoms with E-state index >= 15 is 0 Å².